The van der Waals surface area contributed by atoms with Gasteiger partial charge in [0.05, 0.1) is 6.54 Å². The third-order valence-corrected chi connectivity index (χ3v) is 6.19. The van der Waals surface area contributed by atoms with Crippen LogP contribution in [0.4, 0.5) is 5.69 Å². The molecule has 0 saturated carbocycles. The molecule has 0 atom stereocenters. The van der Waals surface area contributed by atoms with Crippen molar-refractivity contribution in [2.24, 2.45) is 0 Å². The first-order valence-electron chi connectivity index (χ1n) is 10.9. The molecular weight excluding hydrogens is 422 g/mol. The van der Waals surface area contributed by atoms with Gasteiger partial charge in [-0.2, -0.15) is 0 Å². The number of para-hydroxylation sites is 1. The van der Waals surface area contributed by atoms with Crippen LogP contribution in [-0.4, -0.2) is 35.4 Å². The summed E-state index contributed by atoms with van der Waals surface area (Å²) in [5.74, 6) is 1.03. The predicted octanol–water partition coefficient (Wildman–Crippen LogP) is 5.97. The van der Waals surface area contributed by atoms with Crippen LogP contribution >= 0.6 is 11.6 Å². The lowest BCUT2D eigenvalue weighted by molar-refractivity contribution is -0.117. The zero-order valence-corrected chi connectivity index (χ0v) is 18.4. The van der Waals surface area contributed by atoms with E-state index in [1.807, 2.05) is 60.7 Å². The van der Waals surface area contributed by atoms with Gasteiger partial charge in [0.2, 0.25) is 5.91 Å². The number of hydrogen-bond acceptors (Lipinski definition) is 4. The van der Waals surface area contributed by atoms with E-state index in [1.165, 1.54) is 0 Å². The molecule has 0 unspecified atom stereocenters. The Morgan fingerprint density at radius 1 is 1.03 bits per heavy atom. The van der Waals surface area contributed by atoms with Crippen molar-refractivity contribution in [3.05, 3.63) is 83.7 Å². The smallest absolute Gasteiger partial charge is 0.238 e. The maximum Gasteiger partial charge on any atom is 0.238 e. The molecule has 2 heterocycles. The molecule has 1 aliphatic heterocycles. The third kappa shape index (κ3) is 4.54. The molecular formula is C26H24ClN3O2. The molecule has 5 nitrogen and oxygen atoms in total. The third-order valence-electron chi connectivity index (χ3n) is 5.96. The number of oxazole rings is 1. The summed E-state index contributed by atoms with van der Waals surface area (Å²) >= 11 is 6.06. The minimum Gasteiger partial charge on any atom is -0.440 e. The van der Waals surface area contributed by atoms with Crippen LogP contribution in [0.1, 0.15) is 24.7 Å². The molecule has 1 fully saturated rings. The van der Waals surface area contributed by atoms with E-state index >= 15 is 0 Å². The number of nitrogens with zero attached hydrogens (tertiary/aromatic N) is 2. The SMILES string of the molecule is O=C(CN1CCC(c2nc3cc(Cl)ccc3o2)CC1)Nc1ccccc1-c1ccccc1. The van der Waals surface area contributed by atoms with Crippen LogP contribution in [0.25, 0.3) is 22.2 Å². The molecule has 1 aromatic heterocycles. The van der Waals surface area contributed by atoms with Crippen molar-refractivity contribution in [2.45, 2.75) is 18.8 Å². The number of carbonyl (C=O) groups excluding carboxylic acids is 1. The number of anilines is 1. The van der Waals surface area contributed by atoms with Crippen molar-refractivity contribution in [1.82, 2.24) is 9.88 Å². The van der Waals surface area contributed by atoms with E-state index in [-0.39, 0.29) is 11.8 Å². The van der Waals surface area contributed by atoms with E-state index in [0.29, 0.717) is 11.6 Å². The van der Waals surface area contributed by atoms with Gasteiger partial charge in [-0.3, -0.25) is 9.69 Å². The molecule has 0 aliphatic carbocycles. The fraction of sp³-hybridized carbons (Fsp3) is 0.231. The second kappa shape index (κ2) is 9.15. The summed E-state index contributed by atoms with van der Waals surface area (Å²) in [6.45, 7) is 2.04. The van der Waals surface area contributed by atoms with Gasteiger partial charge in [-0.15, -0.1) is 0 Å². The normalized spacial score (nSPS) is 15.2. The number of fused-ring (bicyclic) bond motifs is 1. The highest BCUT2D eigenvalue weighted by molar-refractivity contribution is 6.31. The maximum absolute atomic E-state index is 12.8. The fourth-order valence-electron chi connectivity index (χ4n) is 4.29. The molecule has 0 bridgehead atoms. The zero-order valence-electron chi connectivity index (χ0n) is 17.6. The maximum atomic E-state index is 12.8. The van der Waals surface area contributed by atoms with E-state index in [0.717, 1.165) is 59.7 Å². The minimum absolute atomic E-state index is 0.00309. The molecule has 3 aromatic carbocycles. The van der Waals surface area contributed by atoms with Crippen LogP contribution < -0.4 is 5.32 Å². The summed E-state index contributed by atoms with van der Waals surface area (Å²) in [5.41, 5.74) is 4.51. The standard InChI is InChI=1S/C26H24ClN3O2/c27-20-10-11-24-23(16-20)29-26(32-24)19-12-14-30(15-13-19)17-25(31)28-22-9-5-4-8-21(22)18-6-2-1-3-7-18/h1-11,16,19H,12-15,17H2,(H,28,31). The van der Waals surface area contributed by atoms with Gasteiger partial charge >= 0.3 is 0 Å². The van der Waals surface area contributed by atoms with Crippen LogP contribution in [0.2, 0.25) is 5.02 Å². The molecule has 1 saturated heterocycles. The molecule has 0 spiro atoms. The number of aromatic nitrogens is 1. The van der Waals surface area contributed by atoms with E-state index < -0.39 is 0 Å². The highest BCUT2D eigenvalue weighted by Gasteiger charge is 2.26. The lowest BCUT2D eigenvalue weighted by Gasteiger charge is -2.30. The van der Waals surface area contributed by atoms with Gasteiger partial charge < -0.3 is 9.73 Å². The Hall–Kier alpha value is -3.15. The summed E-state index contributed by atoms with van der Waals surface area (Å²) in [6, 6.07) is 23.5. The largest absolute Gasteiger partial charge is 0.440 e. The van der Waals surface area contributed by atoms with E-state index in [4.69, 9.17) is 16.0 Å². The van der Waals surface area contributed by atoms with Crippen LogP contribution in [0, 0.1) is 0 Å². The number of piperidine rings is 1. The van der Waals surface area contributed by atoms with E-state index in [1.54, 1.807) is 0 Å². The van der Waals surface area contributed by atoms with Crippen molar-refractivity contribution >= 4 is 34.3 Å². The van der Waals surface area contributed by atoms with Gasteiger partial charge in [-0.25, -0.2) is 4.98 Å². The van der Waals surface area contributed by atoms with Gasteiger partial charge in [0.25, 0.3) is 0 Å². The average Bonchev–Trinajstić information content (AvgIpc) is 3.23. The molecule has 6 heteroatoms. The second-order valence-electron chi connectivity index (χ2n) is 8.17. The Kier molecular flexibility index (Phi) is 5.93. The zero-order chi connectivity index (χ0) is 21.9. The first kappa shape index (κ1) is 20.7. The van der Waals surface area contributed by atoms with Gasteiger partial charge in [0.1, 0.15) is 5.52 Å². The molecule has 1 amide bonds. The monoisotopic (exact) mass is 445 g/mol. The summed E-state index contributed by atoms with van der Waals surface area (Å²) in [5, 5.41) is 3.76. The van der Waals surface area contributed by atoms with Gasteiger partial charge in [0.15, 0.2) is 11.5 Å². The number of amides is 1. The van der Waals surface area contributed by atoms with Gasteiger partial charge in [-0.1, -0.05) is 60.1 Å². The molecule has 5 rings (SSSR count). The highest BCUT2D eigenvalue weighted by atomic mass is 35.5. The predicted molar refractivity (Wildman–Crippen MR) is 128 cm³/mol. The average molecular weight is 446 g/mol. The Labute approximate surface area is 192 Å². The number of benzene rings is 3. The summed E-state index contributed by atoms with van der Waals surface area (Å²) in [4.78, 5) is 19.6. The number of halogens is 1. The van der Waals surface area contributed by atoms with Crippen molar-refractivity contribution in [3.8, 4) is 11.1 Å². The summed E-state index contributed by atoms with van der Waals surface area (Å²) in [7, 11) is 0. The summed E-state index contributed by atoms with van der Waals surface area (Å²) < 4.78 is 5.95. The Bertz CT molecular complexity index is 1230. The van der Waals surface area contributed by atoms with Crippen LogP contribution in [0.5, 0.6) is 0 Å². The Morgan fingerprint density at radius 3 is 2.59 bits per heavy atom. The Morgan fingerprint density at radius 2 is 1.78 bits per heavy atom. The van der Waals surface area contributed by atoms with Gasteiger partial charge in [0, 0.05) is 22.2 Å². The number of rotatable bonds is 5. The second-order valence-corrected chi connectivity index (χ2v) is 8.61. The number of nitrogens with one attached hydrogen (secondary N) is 1. The molecule has 1 aliphatic rings. The number of likely N-dealkylation sites (tertiary alicyclic amines) is 1. The van der Waals surface area contributed by atoms with Crippen LogP contribution in [0.15, 0.2) is 77.2 Å². The van der Waals surface area contributed by atoms with Crippen LogP contribution in [0.3, 0.4) is 0 Å². The molecule has 162 valence electrons. The van der Waals surface area contributed by atoms with E-state index in [2.05, 4.69) is 27.3 Å². The van der Waals surface area contributed by atoms with Crippen molar-refractivity contribution in [3.63, 3.8) is 0 Å². The molecule has 0 radical (unpaired) electrons. The fourth-order valence-corrected chi connectivity index (χ4v) is 4.45. The minimum atomic E-state index is 0.00309. The van der Waals surface area contributed by atoms with Crippen molar-refractivity contribution in [1.29, 1.82) is 0 Å². The van der Waals surface area contributed by atoms with Gasteiger partial charge in [-0.05, 0) is 55.8 Å². The van der Waals surface area contributed by atoms with E-state index in [9.17, 15) is 4.79 Å². The van der Waals surface area contributed by atoms with Crippen molar-refractivity contribution in [2.75, 3.05) is 25.0 Å². The molecule has 32 heavy (non-hydrogen) atoms. The molecule has 1 N–H and O–H groups in total. The lowest BCUT2D eigenvalue weighted by atomic mass is 9.97. The number of hydrogen-bond donors (Lipinski definition) is 1. The first-order valence-corrected chi connectivity index (χ1v) is 11.3. The van der Waals surface area contributed by atoms with Crippen molar-refractivity contribution < 1.29 is 9.21 Å². The highest BCUT2D eigenvalue weighted by Crippen LogP contribution is 2.31. The topological polar surface area (TPSA) is 58.4 Å². The quantitative estimate of drug-likeness (QED) is 0.411. The number of carbonyl (C=O) groups is 1. The summed E-state index contributed by atoms with van der Waals surface area (Å²) in [6.07, 6.45) is 1.82. The Balaban J connectivity index is 1.19. The first-order chi connectivity index (χ1) is 15.7. The molecule has 4 aromatic rings. The van der Waals surface area contributed by atoms with Crippen LogP contribution in [-0.2, 0) is 4.79 Å². The lowest BCUT2D eigenvalue weighted by Crippen LogP contribution is -2.38.